The molecule has 2 rings (SSSR count). The van der Waals surface area contributed by atoms with E-state index in [-0.39, 0.29) is 18.4 Å². The molecule has 2 unspecified atom stereocenters. The van der Waals surface area contributed by atoms with Crippen molar-refractivity contribution >= 4 is 11.6 Å². The van der Waals surface area contributed by atoms with Crippen LogP contribution >= 0.6 is 0 Å². The van der Waals surface area contributed by atoms with E-state index >= 15 is 0 Å². The number of carbonyl (C=O) groups is 1. The Labute approximate surface area is 113 Å². The molecule has 1 aromatic rings. The summed E-state index contributed by atoms with van der Waals surface area (Å²) < 4.78 is 0. The average molecular weight is 263 g/mol. The number of rotatable bonds is 3. The van der Waals surface area contributed by atoms with Gasteiger partial charge in [-0.15, -0.1) is 0 Å². The maximum Gasteiger partial charge on any atom is 0.226 e. The summed E-state index contributed by atoms with van der Waals surface area (Å²) in [5.74, 6) is -0.0942. The van der Waals surface area contributed by atoms with Crippen LogP contribution in [0, 0.1) is 0 Å². The number of aromatic nitrogens is 1. The monoisotopic (exact) mass is 263 g/mol. The lowest BCUT2D eigenvalue weighted by atomic mass is 10.1. The van der Waals surface area contributed by atoms with Crippen molar-refractivity contribution in [3.63, 3.8) is 0 Å². The fourth-order valence-corrected chi connectivity index (χ4v) is 2.42. The van der Waals surface area contributed by atoms with Crippen molar-refractivity contribution in [2.45, 2.75) is 50.7 Å². The highest BCUT2D eigenvalue weighted by molar-refractivity contribution is 5.78. The summed E-state index contributed by atoms with van der Waals surface area (Å²) in [7, 11) is 0. The number of hydrogen-bond acceptors (Lipinski definition) is 4. The maximum atomic E-state index is 11.9. The van der Waals surface area contributed by atoms with E-state index in [0.717, 1.165) is 32.1 Å². The molecule has 0 bridgehead atoms. The SMILES string of the molecule is Nc1ccc(CC(=O)NC2CCCCCC2O)nc1. The van der Waals surface area contributed by atoms with Crippen molar-refractivity contribution in [2.75, 3.05) is 5.73 Å². The molecule has 0 radical (unpaired) electrons. The van der Waals surface area contributed by atoms with Gasteiger partial charge in [0.1, 0.15) is 0 Å². The number of nitrogens with one attached hydrogen (secondary N) is 1. The largest absolute Gasteiger partial charge is 0.397 e. The van der Waals surface area contributed by atoms with E-state index in [0.29, 0.717) is 11.4 Å². The molecule has 1 aromatic heterocycles. The minimum Gasteiger partial charge on any atom is -0.397 e. The molecule has 104 valence electrons. The number of aliphatic hydroxyl groups excluding tert-OH is 1. The molecule has 5 nitrogen and oxygen atoms in total. The van der Waals surface area contributed by atoms with Gasteiger partial charge in [-0.3, -0.25) is 9.78 Å². The topological polar surface area (TPSA) is 88.2 Å². The van der Waals surface area contributed by atoms with Gasteiger partial charge in [-0.2, -0.15) is 0 Å². The number of pyridine rings is 1. The zero-order chi connectivity index (χ0) is 13.7. The third-order valence-electron chi connectivity index (χ3n) is 3.52. The van der Waals surface area contributed by atoms with Crippen LogP contribution in [0.3, 0.4) is 0 Å². The Bertz CT molecular complexity index is 419. The predicted molar refractivity (Wildman–Crippen MR) is 73.4 cm³/mol. The molecule has 1 amide bonds. The Kier molecular flexibility index (Phi) is 4.74. The second kappa shape index (κ2) is 6.52. The Hall–Kier alpha value is -1.62. The van der Waals surface area contributed by atoms with E-state index in [1.54, 1.807) is 18.3 Å². The lowest BCUT2D eigenvalue weighted by Crippen LogP contribution is -2.43. The first kappa shape index (κ1) is 13.8. The molecule has 1 aliphatic carbocycles. The molecule has 1 heterocycles. The molecule has 2 atom stereocenters. The lowest BCUT2D eigenvalue weighted by molar-refractivity contribution is -0.122. The van der Waals surface area contributed by atoms with Gasteiger partial charge in [-0.05, 0) is 25.0 Å². The van der Waals surface area contributed by atoms with Crippen molar-refractivity contribution in [1.29, 1.82) is 0 Å². The van der Waals surface area contributed by atoms with E-state index in [2.05, 4.69) is 10.3 Å². The zero-order valence-electron chi connectivity index (χ0n) is 11.0. The quantitative estimate of drug-likeness (QED) is 0.710. The van der Waals surface area contributed by atoms with E-state index in [9.17, 15) is 9.90 Å². The van der Waals surface area contributed by atoms with Gasteiger partial charge >= 0.3 is 0 Å². The van der Waals surface area contributed by atoms with Crippen LogP contribution in [-0.4, -0.2) is 28.1 Å². The van der Waals surface area contributed by atoms with Crippen molar-refractivity contribution in [3.05, 3.63) is 24.0 Å². The average Bonchev–Trinajstić information content (AvgIpc) is 2.58. The summed E-state index contributed by atoms with van der Waals surface area (Å²) in [5, 5.41) is 12.9. The Balaban J connectivity index is 1.87. The minimum absolute atomic E-state index is 0.0942. The predicted octanol–water partition coefficient (Wildman–Crippen LogP) is 1.02. The molecule has 5 heteroatoms. The molecular formula is C14H21N3O2. The Morgan fingerprint density at radius 1 is 1.37 bits per heavy atom. The fourth-order valence-electron chi connectivity index (χ4n) is 2.42. The van der Waals surface area contributed by atoms with E-state index in [1.807, 2.05) is 0 Å². The number of hydrogen-bond donors (Lipinski definition) is 3. The highest BCUT2D eigenvalue weighted by atomic mass is 16.3. The van der Waals surface area contributed by atoms with E-state index in [4.69, 9.17) is 5.73 Å². The number of aliphatic hydroxyl groups is 1. The van der Waals surface area contributed by atoms with Gasteiger partial charge in [0.2, 0.25) is 5.91 Å². The van der Waals surface area contributed by atoms with Gasteiger partial charge in [0.25, 0.3) is 0 Å². The standard InChI is InChI=1S/C14H21N3O2/c15-10-6-7-11(16-9-10)8-14(19)17-12-4-2-1-3-5-13(12)18/h6-7,9,12-13,18H,1-5,8,15H2,(H,17,19). The van der Waals surface area contributed by atoms with Gasteiger partial charge < -0.3 is 16.2 Å². The van der Waals surface area contributed by atoms with Crippen molar-refractivity contribution in [3.8, 4) is 0 Å². The summed E-state index contributed by atoms with van der Waals surface area (Å²) in [4.78, 5) is 16.0. The number of carbonyl (C=O) groups excluding carboxylic acids is 1. The molecule has 19 heavy (non-hydrogen) atoms. The summed E-state index contributed by atoms with van der Waals surface area (Å²) in [6.07, 6.45) is 6.18. The molecule has 1 saturated carbocycles. The molecule has 1 aliphatic rings. The normalized spacial score (nSPS) is 23.6. The highest BCUT2D eigenvalue weighted by Gasteiger charge is 2.23. The summed E-state index contributed by atoms with van der Waals surface area (Å²) in [6, 6.07) is 3.36. The van der Waals surface area contributed by atoms with E-state index < -0.39 is 6.10 Å². The number of nitrogens with zero attached hydrogens (tertiary/aromatic N) is 1. The van der Waals surface area contributed by atoms with Crippen LogP contribution in [0.1, 0.15) is 37.8 Å². The van der Waals surface area contributed by atoms with Gasteiger partial charge in [-0.1, -0.05) is 19.3 Å². The second-order valence-corrected chi connectivity index (χ2v) is 5.14. The number of anilines is 1. The number of nitrogens with two attached hydrogens (primary N) is 1. The first-order chi connectivity index (χ1) is 9.15. The minimum atomic E-state index is -0.425. The van der Waals surface area contributed by atoms with Crippen LogP contribution in [0.5, 0.6) is 0 Å². The molecule has 0 saturated heterocycles. The Morgan fingerprint density at radius 3 is 2.89 bits per heavy atom. The van der Waals surface area contributed by atoms with E-state index in [1.165, 1.54) is 0 Å². The Morgan fingerprint density at radius 2 is 2.16 bits per heavy atom. The summed E-state index contributed by atoms with van der Waals surface area (Å²) >= 11 is 0. The maximum absolute atomic E-state index is 11.9. The highest BCUT2D eigenvalue weighted by Crippen LogP contribution is 2.18. The van der Waals surface area contributed by atoms with Crippen LogP contribution in [-0.2, 0) is 11.2 Å². The van der Waals surface area contributed by atoms with Gasteiger partial charge in [0, 0.05) is 5.69 Å². The third-order valence-corrected chi connectivity index (χ3v) is 3.52. The fraction of sp³-hybridized carbons (Fsp3) is 0.571. The van der Waals surface area contributed by atoms with Gasteiger partial charge in [0.05, 0.1) is 30.5 Å². The van der Waals surface area contributed by atoms with Crippen molar-refractivity contribution < 1.29 is 9.90 Å². The van der Waals surface area contributed by atoms with Crippen molar-refractivity contribution in [1.82, 2.24) is 10.3 Å². The van der Waals surface area contributed by atoms with Crippen molar-refractivity contribution in [2.24, 2.45) is 0 Å². The number of nitrogen functional groups attached to an aromatic ring is 1. The summed E-state index contributed by atoms with van der Waals surface area (Å²) in [5.41, 5.74) is 6.82. The van der Waals surface area contributed by atoms with Crippen LogP contribution in [0.2, 0.25) is 0 Å². The smallest absolute Gasteiger partial charge is 0.226 e. The first-order valence-electron chi connectivity index (χ1n) is 6.83. The zero-order valence-corrected chi connectivity index (χ0v) is 11.0. The molecule has 0 aromatic carbocycles. The van der Waals surface area contributed by atoms with Gasteiger partial charge in [-0.25, -0.2) is 0 Å². The lowest BCUT2D eigenvalue weighted by Gasteiger charge is -2.21. The van der Waals surface area contributed by atoms with Crippen LogP contribution in [0.25, 0.3) is 0 Å². The molecule has 4 N–H and O–H groups in total. The van der Waals surface area contributed by atoms with Crippen LogP contribution in [0.4, 0.5) is 5.69 Å². The molecule has 0 spiro atoms. The van der Waals surface area contributed by atoms with Crippen LogP contribution < -0.4 is 11.1 Å². The third kappa shape index (κ3) is 4.21. The first-order valence-corrected chi connectivity index (χ1v) is 6.83. The van der Waals surface area contributed by atoms with Gasteiger partial charge in [0.15, 0.2) is 0 Å². The molecular weight excluding hydrogens is 242 g/mol. The van der Waals surface area contributed by atoms with Crippen LogP contribution in [0.15, 0.2) is 18.3 Å². The second-order valence-electron chi connectivity index (χ2n) is 5.14. The number of amides is 1. The molecule has 1 fully saturated rings. The molecule has 0 aliphatic heterocycles. The summed E-state index contributed by atoms with van der Waals surface area (Å²) in [6.45, 7) is 0.